The minimum atomic E-state index is -0.216. The van der Waals surface area contributed by atoms with E-state index in [1.54, 1.807) is 11.6 Å². The summed E-state index contributed by atoms with van der Waals surface area (Å²) in [5, 5.41) is 9.26. The van der Waals surface area contributed by atoms with Gasteiger partial charge in [-0.2, -0.15) is 0 Å². The first-order valence-electron chi connectivity index (χ1n) is 4.95. The van der Waals surface area contributed by atoms with Crippen LogP contribution in [0, 0.1) is 5.82 Å². The summed E-state index contributed by atoms with van der Waals surface area (Å²) in [6.07, 6.45) is 1.25. The molecule has 0 unspecified atom stereocenters. The second kappa shape index (κ2) is 3.25. The van der Waals surface area contributed by atoms with E-state index in [9.17, 15) is 9.50 Å². The largest absolute Gasteiger partial charge is 0.393 e. The Bertz CT molecular complexity index is 504. The Kier molecular flexibility index (Phi) is 2.00. The van der Waals surface area contributed by atoms with Gasteiger partial charge in [0, 0.05) is 0 Å². The first-order valence-corrected chi connectivity index (χ1v) is 5.82. The molecule has 1 fully saturated rings. The standard InChI is InChI=1S/C11H10FNOS/c12-7-3-9(6-1-8(14)2-6)11-10(4-7)15-5-13-11/h3-6,8,14H,1-2H2. The first kappa shape index (κ1) is 9.24. The number of hydrogen-bond acceptors (Lipinski definition) is 3. The molecule has 2 aromatic rings. The molecule has 1 saturated carbocycles. The molecule has 4 heteroatoms. The maximum Gasteiger partial charge on any atom is 0.125 e. The van der Waals surface area contributed by atoms with Crippen LogP contribution in [-0.4, -0.2) is 16.2 Å². The number of aliphatic hydroxyl groups excluding tert-OH is 1. The van der Waals surface area contributed by atoms with Crippen molar-refractivity contribution >= 4 is 21.6 Å². The number of aliphatic hydroxyl groups is 1. The third-order valence-corrected chi connectivity index (χ3v) is 3.76. The maximum atomic E-state index is 13.3. The number of aromatic nitrogens is 1. The van der Waals surface area contributed by atoms with Gasteiger partial charge in [-0.25, -0.2) is 9.37 Å². The van der Waals surface area contributed by atoms with Crippen LogP contribution in [-0.2, 0) is 0 Å². The van der Waals surface area contributed by atoms with Crippen LogP contribution in [0.15, 0.2) is 17.6 Å². The molecule has 0 amide bonds. The van der Waals surface area contributed by atoms with Gasteiger partial charge in [0.1, 0.15) is 5.82 Å². The van der Waals surface area contributed by atoms with Crippen molar-refractivity contribution in [1.29, 1.82) is 0 Å². The summed E-state index contributed by atoms with van der Waals surface area (Å²) in [7, 11) is 0. The number of nitrogens with zero attached hydrogens (tertiary/aromatic N) is 1. The number of hydrogen-bond donors (Lipinski definition) is 1. The number of thiazole rings is 1. The Morgan fingerprint density at radius 2 is 2.20 bits per heavy atom. The van der Waals surface area contributed by atoms with E-state index >= 15 is 0 Å². The van der Waals surface area contributed by atoms with Crippen LogP contribution in [0.4, 0.5) is 4.39 Å². The van der Waals surface area contributed by atoms with Crippen LogP contribution in [0.1, 0.15) is 24.3 Å². The third kappa shape index (κ3) is 1.44. The molecule has 2 nitrogen and oxygen atoms in total. The topological polar surface area (TPSA) is 33.1 Å². The van der Waals surface area contributed by atoms with Gasteiger partial charge in [-0.1, -0.05) is 0 Å². The van der Waals surface area contributed by atoms with Crippen LogP contribution in [0.25, 0.3) is 10.2 Å². The molecule has 0 aliphatic heterocycles. The molecule has 1 aliphatic carbocycles. The zero-order chi connectivity index (χ0) is 10.4. The molecule has 0 bridgehead atoms. The van der Waals surface area contributed by atoms with Crippen LogP contribution in [0.3, 0.4) is 0 Å². The van der Waals surface area contributed by atoms with E-state index in [1.165, 1.54) is 17.4 Å². The molecule has 1 N–H and O–H groups in total. The minimum Gasteiger partial charge on any atom is -0.393 e. The van der Waals surface area contributed by atoms with Crippen LogP contribution in [0.5, 0.6) is 0 Å². The van der Waals surface area contributed by atoms with Gasteiger partial charge in [0.25, 0.3) is 0 Å². The molecule has 1 aliphatic rings. The third-order valence-electron chi connectivity index (χ3n) is 2.98. The molecule has 0 radical (unpaired) electrons. The van der Waals surface area contributed by atoms with Crippen LogP contribution >= 0.6 is 11.3 Å². The fraction of sp³-hybridized carbons (Fsp3) is 0.364. The summed E-state index contributed by atoms with van der Waals surface area (Å²) < 4.78 is 14.2. The van der Waals surface area contributed by atoms with Crippen LogP contribution < -0.4 is 0 Å². The highest BCUT2D eigenvalue weighted by Crippen LogP contribution is 2.40. The lowest BCUT2D eigenvalue weighted by atomic mass is 9.77. The van der Waals surface area contributed by atoms with E-state index in [2.05, 4.69) is 4.98 Å². The van der Waals surface area contributed by atoms with Crippen molar-refractivity contribution in [2.24, 2.45) is 0 Å². The van der Waals surface area contributed by atoms with E-state index in [-0.39, 0.29) is 17.8 Å². The van der Waals surface area contributed by atoms with Crippen molar-refractivity contribution in [3.05, 3.63) is 29.0 Å². The van der Waals surface area contributed by atoms with E-state index in [4.69, 9.17) is 0 Å². The zero-order valence-electron chi connectivity index (χ0n) is 7.98. The molecule has 1 aromatic heterocycles. The summed E-state index contributed by atoms with van der Waals surface area (Å²) in [5.41, 5.74) is 3.60. The monoisotopic (exact) mass is 223 g/mol. The highest BCUT2D eigenvalue weighted by molar-refractivity contribution is 7.16. The Balaban J connectivity index is 2.12. The second-order valence-corrected chi connectivity index (χ2v) is 4.90. The van der Waals surface area contributed by atoms with Gasteiger partial charge in [0.05, 0.1) is 21.8 Å². The van der Waals surface area contributed by atoms with Crippen molar-refractivity contribution in [2.45, 2.75) is 24.9 Å². The highest BCUT2D eigenvalue weighted by Gasteiger charge is 2.30. The van der Waals surface area contributed by atoms with Gasteiger partial charge in [-0.05, 0) is 36.5 Å². The van der Waals surface area contributed by atoms with Crippen molar-refractivity contribution < 1.29 is 9.50 Å². The van der Waals surface area contributed by atoms with E-state index in [0.29, 0.717) is 0 Å². The lowest BCUT2D eigenvalue weighted by Crippen LogP contribution is -2.26. The summed E-state index contributed by atoms with van der Waals surface area (Å²) in [4.78, 5) is 4.26. The van der Waals surface area contributed by atoms with Gasteiger partial charge in [0.15, 0.2) is 0 Å². The fourth-order valence-electron chi connectivity index (χ4n) is 2.11. The molecular formula is C11H10FNOS. The van der Waals surface area contributed by atoms with Gasteiger partial charge < -0.3 is 5.11 Å². The molecule has 1 aromatic carbocycles. The fourth-order valence-corrected chi connectivity index (χ4v) is 2.85. The lowest BCUT2D eigenvalue weighted by Gasteiger charge is -2.31. The quantitative estimate of drug-likeness (QED) is 0.806. The predicted octanol–water partition coefficient (Wildman–Crippen LogP) is 2.67. The summed E-state index contributed by atoms with van der Waals surface area (Å²) in [5.74, 6) is 0.0726. The van der Waals surface area contributed by atoms with Crippen LogP contribution in [0.2, 0.25) is 0 Å². The number of rotatable bonds is 1. The Labute approximate surface area is 90.4 Å². The van der Waals surface area contributed by atoms with Gasteiger partial charge in [-0.3, -0.25) is 0 Å². The Hall–Kier alpha value is -1.00. The highest BCUT2D eigenvalue weighted by atomic mass is 32.1. The van der Waals surface area contributed by atoms with Crippen molar-refractivity contribution in [3.8, 4) is 0 Å². The summed E-state index contributed by atoms with van der Waals surface area (Å²) in [6, 6.07) is 3.07. The molecule has 15 heavy (non-hydrogen) atoms. The number of benzene rings is 1. The van der Waals surface area contributed by atoms with Crippen molar-refractivity contribution in [2.75, 3.05) is 0 Å². The number of fused-ring (bicyclic) bond motifs is 1. The summed E-state index contributed by atoms with van der Waals surface area (Å²) in [6.45, 7) is 0. The minimum absolute atomic E-state index is 0.205. The Morgan fingerprint density at radius 3 is 2.93 bits per heavy atom. The van der Waals surface area contributed by atoms with Crippen molar-refractivity contribution in [3.63, 3.8) is 0 Å². The SMILES string of the molecule is OC1CC(c2cc(F)cc3scnc23)C1. The lowest BCUT2D eigenvalue weighted by molar-refractivity contribution is 0.0750. The average molecular weight is 223 g/mol. The van der Waals surface area contributed by atoms with E-state index < -0.39 is 0 Å². The Morgan fingerprint density at radius 1 is 1.40 bits per heavy atom. The van der Waals surface area contributed by atoms with E-state index in [0.717, 1.165) is 28.6 Å². The van der Waals surface area contributed by atoms with Gasteiger partial charge >= 0.3 is 0 Å². The molecule has 1 heterocycles. The maximum absolute atomic E-state index is 13.3. The first-order chi connectivity index (χ1) is 7.24. The zero-order valence-corrected chi connectivity index (χ0v) is 8.80. The van der Waals surface area contributed by atoms with E-state index in [1.807, 2.05) is 0 Å². The number of halogens is 1. The predicted molar refractivity (Wildman–Crippen MR) is 57.6 cm³/mol. The average Bonchev–Trinajstić information content (AvgIpc) is 2.59. The molecule has 0 saturated heterocycles. The molecular weight excluding hydrogens is 213 g/mol. The molecule has 0 atom stereocenters. The second-order valence-electron chi connectivity index (χ2n) is 4.02. The van der Waals surface area contributed by atoms with Gasteiger partial charge in [-0.15, -0.1) is 11.3 Å². The smallest absolute Gasteiger partial charge is 0.125 e. The summed E-state index contributed by atoms with van der Waals surface area (Å²) >= 11 is 1.45. The van der Waals surface area contributed by atoms with Crippen molar-refractivity contribution in [1.82, 2.24) is 4.98 Å². The molecule has 3 rings (SSSR count). The molecule has 78 valence electrons. The normalized spacial score (nSPS) is 25.5. The van der Waals surface area contributed by atoms with Gasteiger partial charge in [0.2, 0.25) is 0 Å². The molecule has 0 spiro atoms.